The van der Waals surface area contributed by atoms with Gasteiger partial charge in [-0.25, -0.2) is 35.4 Å². The zero-order chi connectivity index (χ0) is 35.8. The highest BCUT2D eigenvalue weighted by Gasteiger charge is 2.42. The number of carbonyl (C=O) groups excluding carboxylic acids is 1. The quantitative estimate of drug-likeness (QED) is 0.163. The Labute approximate surface area is 273 Å². The number of aromatic nitrogens is 3. The molecule has 1 atom stereocenters. The predicted octanol–water partition coefficient (Wildman–Crippen LogP) is 6.53. The topological polar surface area (TPSA) is 128 Å². The smallest absolute Gasteiger partial charge is 0.404 e. The molecule has 20 heteroatoms. The van der Waals surface area contributed by atoms with Crippen molar-refractivity contribution < 1.29 is 57.6 Å². The molecule has 0 unspecified atom stereocenters. The lowest BCUT2D eigenvalue weighted by atomic mass is 9.89. The molecule has 266 valence electrons. The van der Waals surface area contributed by atoms with Crippen LogP contribution in [0.4, 0.5) is 35.1 Å². The Hall–Kier alpha value is -3.23. The first-order valence-corrected chi connectivity index (χ1v) is 16.7. The van der Waals surface area contributed by atoms with Gasteiger partial charge in [0.25, 0.3) is 12.3 Å². The summed E-state index contributed by atoms with van der Waals surface area (Å²) in [5, 5.41) is 3.76. The number of benzene rings is 1. The Morgan fingerprint density at radius 2 is 1.90 bits per heavy atom. The van der Waals surface area contributed by atoms with Crippen LogP contribution in [-0.2, 0) is 32.5 Å². The van der Waals surface area contributed by atoms with Gasteiger partial charge >= 0.3 is 12.1 Å². The standard InChI is InChI=1S/C28H31F8N5O5S2/c1-5-17(28(34,35)36)40-48(43,44)16-8-7-14(19(20(16)29)22(30)31)21-15(12-41-10-6-9-27(32,33)13-41)37-24(47-21)23-38-18(46-39-23)11-26(2,3)25(42)45-4/h7-8,17,22,40H,5-6,9-13H2,1-4H3/t17-/m0/s1. The van der Waals surface area contributed by atoms with E-state index >= 15 is 4.39 Å². The molecule has 0 bridgehead atoms. The van der Waals surface area contributed by atoms with Crippen molar-refractivity contribution in [3.8, 4) is 21.3 Å². The van der Waals surface area contributed by atoms with Gasteiger partial charge in [0.2, 0.25) is 21.7 Å². The van der Waals surface area contributed by atoms with Crippen molar-refractivity contribution in [1.29, 1.82) is 0 Å². The van der Waals surface area contributed by atoms with Crippen molar-refractivity contribution in [2.24, 2.45) is 5.41 Å². The van der Waals surface area contributed by atoms with E-state index in [1.54, 1.807) is 13.8 Å². The summed E-state index contributed by atoms with van der Waals surface area (Å²) in [5.74, 6) is -5.83. The highest BCUT2D eigenvalue weighted by molar-refractivity contribution is 7.89. The summed E-state index contributed by atoms with van der Waals surface area (Å²) in [6.07, 6.45) is -9.81. The van der Waals surface area contributed by atoms with Crippen LogP contribution in [0.5, 0.6) is 0 Å². The van der Waals surface area contributed by atoms with Crippen LogP contribution >= 0.6 is 11.3 Å². The molecule has 0 saturated carbocycles. The Kier molecular flexibility index (Phi) is 10.9. The summed E-state index contributed by atoms with van der Waals surface area (Å²) in [7, 11) is -4.10. The number of hydrogen-bond acceptors (Lipinski definition) is 10. The van der Waals surface area contributed by atoms with Crippen LogP contribution in [0.25, 0.3) is 21.3 Å². The Bertz CT molecular complexity index is 1740. The molecule has 3 aromatic rings. The van der Waals surface area contributed by atoms with E-state index in [4.69, 9.17) is 9.26 Å². The number of rotatable bonds is 12. The number of sulfonamides is 1. The van der Waals surface area contributed by atoms with Gasteiger partial charge < -0.3 is 9.26 Å². The number of likely N-dealkylation sites (tertiary alicyclic amines) is 1. The van der Waals surface area contributed by atoms with Gasteiger partial charge in [-0.2, -0.15) is 22.9 Å². The van der Waals surface area contributed by atoms with E-state index in [-0.39, 0.29) is 59.6 Å². The SMILES string of the molecule is CC[C@H](NS(=O)(=O)c1ccc(-c2sc(-c3noc(CC(C)(C)C(=O)OC)n3)nc2CN2CCCC(F)(F)C2)c(C(F)F)c1F)C(F)(F)F. The Morgan fingerprint density at radius 1 is 1.21 bits per heavy atom. The number of ether oxygens (including phenoxy) is 1. The second kappa shape index (κ2) is 13.9. The number of halogens is 8. The minimum Gasteiger partial charge on any atom is -0.469 e. The van der Waals surface area contributed by atoms with Crippen LogP contribution < -0.4 is 4.72 Å². The van der Waals surface area contributed by atoms with Crippen LogP contribution in [0.15, 0.2) is 21.6 Å². The largest absolute Gasteiger partial charge is 0.469 e. The zero-order valence-electron chi connectivity index (χ0n) is 25.9. The average Bonchev–Trinajstić information content (AvgIpc) is 3.60. The number of carbonyl (C=O) groups is 1. The number of hydrogen-bond donors (Lipinski definition) is 1. The van der Waals surface area contributed by atoms with Crippen molar-refractivity contribution in [3.05, 3.63) is 35.1 Å². The molecule has 1 aromatic carbocycles. The molecular weight excluding hydrogens is 702 g/mol. The molecule has 0 aliphatic carbocycles. The average molecular weight is 734 g/mol. The molecule has 48 heavy (non-hydrogen) atoms. The van der Waals surface area contributed by atoms with Crippen LogP contribution in [0.1, 0.15) is 63.6 Å². The van der Waals surface area contributed by atoms with E-state index in [0.717, 1.165) is 13.0 Å². The molecule has 4 rings (SSSR count). The lowest BCUT2D eigenvalue weighted by Crippen LogP contribution is -2.45. The number of esters is 1. The Balaban J connectivity index is 1.82. The van der Waals surface area contributed by atoms with Crippen LogP contribution in [0, 0.1) is 11.2 Å². The van der Waals surface area contributed by atoms with E-state index in [0.29, 0.717) is 17.4 Å². The Morgan fingerprint density at radius 3 is 2.48 bits per heavy atom. The fourth-order valence-corrected chi connectivity index (χ4v) is 7.56. The van der Waals surface area contributed by atoms with E-state index in [1.807, 2.05) is 0 Å². The fourth-order valence-electron chi connectivity index (χ4n) is 5.12. The van der Waals surface area contributed by atoms with E-state index in [9.17, 15) is 43.9 Å². The number of thiazole rings is 1. The second-order valence-corrected chi connectivity index (χ2v) is 14.5. The summed E-state index contributed by atoms with van der Waals surface area (Å²) in [6.45, 7) is 3.32. The first kappa shape index (κ1) is 37.6. The molecule has 2 aromatic heterocycles. The van der Waals surface area contributed by atoms with Gasteiger partial charge in [-0.1, -0.05) is 18.1 Å². The molecule has 1 saturated heterocycles. The third-order valence-electron chi connectivity index (χ3n) is 7.53. The zero-order valence-corrected chi connectivity index (χ0v) is 27.6. The molecule has 1 aliphatic rings. The van der Waals surface area contributed by atoms with Crippen molar-refractivity contribution in [3.63, 3.8) is 0 Å². The highest BCUT2D eigenvalue weighted by atomic mass is 32.2. The number of methoxy groups -OCH3 is 1. The highest BCUT2D eigenvalue weighted by Crippen LogP contribution is 2.43. The first-order valence-electron chi connectivity index (χ1n) is 14.4. The summed E-state index contributed by atoms with van der Waals surface area (Å²) >= 11 is 0.652. The van der Waals surface area contributed by atoms with Gasteiger partial charge in [0.15, 0.2) is 10.8 Å². The van der Waals surface area contributed by atoms with E-state index in [2.05, 4.69) is 15.1 Å². The van der Waals surface area contributed by atoms with Crippen molar-refractivity contribution in [1.82, 2.24) is 24.7 Å². The minimum atomic E-state index is -5.29. The van der Waals surface area contributed by atoms with Gasteiger partial charge in [-0.3, -0.25) is 9.69 Å². The van der Waals surface area contributed by atoms with Crippen LogP contribution in [-0.4, -0.2) is 72.8 Å². The van der Waals surface area contributed by atoms with Crippen LogP contribution in [0.3, 0.4) is 0 Å². The lowest BCUT2D eigenvalue weighted by molar-refractivity contribution is -0.152. The minimum absolute atomic E-state index is 0.0278. The number of piperidine rings is 1. The van der Waals surface area contributed by atoms with Crippen molar-refractivity contribution in [2.45, 2.75) is 82.5 Å². The maximum Gasteiger partial charge on any atom is 0.404 e. The third-order valence-corrected chi connectivity index (χ3v) is 10.1. The van der Waals surface area contributed by atoms with Gasteiger partial charge in [-0.05, 0) is 39.3 Å². The van der Waals surface area contributed by atoms with Crippen molar-refractivity contribution >= 4 is 27.3 Å². The van der Waals surface area contributed by atoms with Gasteiger partial charge in [0.1, 0.15) is 10.9 Å². The molecule has 0 spiro atoms. The molecule has 1 fully saturated rings. The second-order valence-electron chi connectivity index (χ2n) is 11.8. The summed E-state index contributed by atoms with van der Waals surface area (Å²) in [4.78, 5) is 20.4. The maximum atomic E-state index is 15.7. The molecule has 3 heterocycles. The summed E-state index contributed by atoms with van der Waals surface area (Å²) in [5.41, 5.74) is -3.18. The van der Waals surface area contributed by atoms with Gasteiger partial charge in [-0.15, -0.1) is 11.3 Å². The predicted molar refractivity (Wildman–Crippen MR) is 155 cm³/mol. The summed E-state index contributed by atoms with van der Waals surface area (Å²) < 4.78 is 150. The number of nitrogens with zero attached hydrogens (tertiary/aromatic N) is 4. The lowest BCUT2D eigenvalue weighted by Gasteiger charge is -2.32. The monoisotopic (exact) mass is 733 g/mol. The summed E-state index contributed by atoms with van der Waals surface area (Å²) in [6, 6.07) is -1.28. The fraction of sp³-hybridized carbons (Fsp3) is 0.571. The molecule has 0 radical (unpaired) electrons. The van der Waals surface area contributed by atoms with Crippen LogP contribution in [0.2, 0.25) is 0 Å². The molecule has 1 aliphatic heterocycles. The number of alkyl halides is 7. The molecule has 10 nitrogen and oxygen atoms in total. The van der Waals surface area contributed by atoms with E-state index < -0.39 is 80.8 Å². The third kappa shape index (κ3) is 8.31. The normalized spacial score (nSPS) is 16.8. The molecule has 1 N–H and O–H groups in total. The van der Waals surface area contributed by atoms with Crippen molar-refractivity contribution in [2.75, 3.05) is 20.2 Å². The van der Waals surface area contributed by atoms with Gasteiger partial charge in [0.05, 0.1) is 35.2 Å². The van der Waals surface area contributed by atoms with Gasteiger partial charge in [0, 0.05) is 24.9 Å². The van der Waals surface area contributed by atoms with E-state index in [1.165, 1.54) is 16.7 Å². The molecule has 0 amide bonds. The number of nitrogens with one attached hydrogen (secondary N) is 1. The molecular formula is C28H31F8N5O5S2. The first-order chi connectivity index (χ1) is 22.2. The maximum absolute atomic E-state index is 15.7.